The summed E-state index contributed by atoms with van der Waals surface area (Å²) in [7, 11) is 3.12. The van der Waals surface area contributed by atoms with Gasteiger partial charge in [-0.3, -0.25) is 0 Å². The first-order valence-corrected chi connectivity index (χ1v) is 7.02. The van der Waals surface area contributed by atoms with Crippen molar-refractivity contribution in [3.8, 4) is 5.75 Å². The van der Waals surface area contributed by atoms with Gasteiger partial charge in [-0.05, 0) is 38.7 Å². The Hall–Kier alpha value is -1.27. The summed E-state index contributed by atoms with van der Waals surface area (Å²) in [6, 6.07) is 4.39. The van der Waals surface area contributed by atoms with Crippen LogP contribution in [0.15, 0.2) is 18.2 Å². The molecular formula is C15H23F3N2O. The van der Waals surface area contributed by atoms with Crippen LogP contribution in [0.4, 0.5) is 13.2 Å². The summed E-state index contributed by atoms with van der Waals surface area (Å²) >= 11 is 0. The average molecular weight is 304 g/mol. The molecule has 6 heteroatoms. The Morgan fingerprint density at radius 2 is 2.05 bits per heavy atom. The third kappa shape index (κ3) is 5.55. The second-order valence-electron chi connectivity index (χ2n) is 4.91. The van der Waals surface area contributed by atoms with Gasteiger partial charge < -0.3 is 15.0 Å². The molecule has 120 valence electrons. The van der Waals surface area contributed by atoms with E-state index in [0.717, 1.165) is 0 Å². The molecule has 0 aliphatic carbocycles. The number of ether oxygens (including phenoxy) is 1. The van der Waals surface area contributed by atoms with Crippen LogP contribution in [0.5, 0.6) is 5.75 Å². The minimum absolute atomic E-state index is 0.272. The van der Waals surface area contributed by atoms with Gasteiger partial charge in [0.1, 0.15) is 11.6 Å². The number of alkyl halides is 2. The molecular weight excluding hydrogens is 281 g/mol. The van der Waals surface area contributed by atoms with E-state index in [9.17, 15) is 13.2 Å². The second-order valence-corrected chi connectivity index (χ2v) is 4.91. The molecule has 1 aromatic rings. The van der Waals surface area contributed by atoms with E-state index in [1.54, 1.807) is 24.1 Å². The molecule has 0 heterocycles. The lowest BCUT2D eigenvalue weighted by Gasteiger charge is -2.24. The van der Waals surface area contributed by atoms with Crippen molar-refractivity contribution in [2.45, 2.75) is 25.8 Å². The Morgan fingerprint density at radius 1 is 1.33 bits per heavy atom. The van der Waals surface area contributed by atoms with Crippen LogP contribution in [0.3, 0.4) is 0 Å². The first-order valence-electron chi connectivity index (χ1n) is 7.02. The van der Waals surface area contributed by atoms with Gasteiger partial charge in [-0.1, -0.05) is 13.0 Å². The number of benzene rings is 1. The van der Waals surface area contributed by atoms with E-state index >= 15 is 0 Å². The largest absolute Gasteiger partial charge is 0.496 e. The second kappa shape index (κ2) is 8.89. The fourth-order valence-corrected chi connectivity index (χ4v) is 2.30. The predicted molar refractivity (Wildman–Crippen MR) is 77.5 cm³/mol. The Balaban J connectivity index is 2.82. The minimum Gasteiger partial charge on any atom is -0.496 e. The number of methoxy groups -OCH3 is 1. The van der Waals surface area contributed by atoms with Gasteiger partial charge in [0.25, 0.3) is 6.43 Å². The normalized spacial score (nSPS) is 13.0. The molecule has 0 fully saturated rings. The standard InChI is InChI=1S/C15H23F3N2O/c1-4-19-12(8-9-20(2)10-14(17)18)15-11(16)6-5-7-13(15)21-3/h5-7,12,14,19H,4,8-10H2,1-3H3. The zero-order valence-corrected chi connectivity index (χ0v) is 12.7. The van der Waals surface area contributed by atoms with Crippen LogP contribution in [-0.2, 0) is 0 Å². The first-order chi connectivity index (χ1) is 9.99. The minimum atomic E-state index is -2.37. The molecule has 0 amide bonds. The molecule has 0 bridgehead atoms. The average Bonchev–Trinajstić information content (AvgIpc) is 2.42. The van der Waals surface area contributed by atoms with E-state index in [4.69, 9.17) is 4.74 Å². The highest BCUT2D eigenvalue weighted by Crippen LogP contribution is 2.30. The molecule has 3 nitrogen and oxygen atoms in total. The van der Waals surface area contributed by atoms with Gasteiger partial charge in [0, 0.05) is 11.6 Å². The van der Waals surface area contributed by atoms with Gasteiger partial charge in [0.2, 0.25) is 0 Å². The molecule has 1 rings (SSSR count). The van der Waals surface area contributed by atoms with Crippen LogP contribution in [0, 0.1) is 5.82 Å². The number of nitrogens with one attached hydrogen (secondary N) is 1. The molecule has 0 aliphatic rings. The lowest BCUT2D eigenvalue weighted by atomic mass is 10.0. The number of hydrogen-bond acceptors (Lipinski definition) is 3. The maximum Gasteiger partial charge on any atom is 0.251 e. The number of nitrogens with zero attached hydrogens (tertiary/aromatic N) is 1. The Bertz CT molecular complexity index is 429. The third-order valence-corrected chi connectivity index (χ3v) is 3.28. The molecule has 1 N–H and O–H groups in total. The Kier molecular flexibility index (Phi) is 7.53. The fraction of sp³-hybridized carbons (Fsp3) is 0.600. The Labute approximate surface area is 124 Å². The van der Waals surface area contributed by atoms with Crippen LogP contribution in [0.1, 0.15) is 24.9 Å². The summed E-state index contributed by atoms with van der Waals surface area (Å²) in [5.74, 6) is 0.120. The molecule has 0 aromatic heterocycles. The van der Waals surface area contributed by atoms with Gasteiger partial charge in [0.05, 0.1) is 13.7 Å². The summed E-state index contributed by atoms with van der Waals surface area (Å²) in [4.78, 5) is 1.54. The monoisotopic (exact) mass is 304 g/mol. The van der Waals surface area contributed by atoms with Crippen LogP contribution >= 0.6 is 0 Å². The van der Waals surface area contributed by atoms with E-state index in [1.165, 1.54) is 13.2 Å². The van der Waals surface area contributed by atoms with Gasteiger partial charge in [-0.25, -0.2) is 13.2 Å². The molecule has 21 heavy (non-hydrogen) atoms. The van der Waals surface area contributed by atoms with Crippen molar-refractivity contribution in [3.05, 3.63) is 29.6 Å². The van der Waals surface area contributed by atoms with Crippen LogP contribution in [0.2, 0.25) is 0 Å². The summed E-state index contributed by atoms with van der Waals surface area (Å²) in [6.45, 7) is 2.73. The van der Waals surface area contributed by atoms with Crippen molar-refractivity contribution in [1.82, 2.24) is 10.2 Å². The highest BCUT2D eigenvalue weighted by atomic mass is 19.3. The predicted octanol–water partition coefficient (Wildman–Crippen LogP) is 3.07. The number of halogens is 3. The summed E-state index contributed by atoms with van der Waals surface area (Å²) < 4.78 is 44.0. The zero-order chi connectivity index (χ0) is 15.8. The maximum atomic E-state index is 14.1. The maximum absolute atomic E-state index is 14.1. The molecule has 0 saturated carbocycles. The van der Waals surface area contributed by atoms with Crippen LogP contribution < -0.4 is 10.1 Å². The van der Waals surface area contributed by atoms with E-state index in [0.29, 0.717) is 30.8 Å². The quantitative estimate of drug-likeness (QED) is 0.759. The van der Waals surface area contributed by atoms with Gasteiger partial charge >= 0.3 is 0 Å². The van der Waals surface area contributed by atoms with Crippen LogP contribution in [-0.4, -0.2) is 45.1 Å². The van der Waals surface area contributed by atoms with E-state index in [1.807, 2.05) is 6.92 Å². The van der Waals surface area contributed by atoms with Crippen molar-refractivity contribution in [1.29, 1.82) is 0 Å². The van der Waals surface area contributed by atoms with Gasteiger partial charge in [-0.15, -0.1) is 0 Å². The molecule has 0 saturated heterocycles. The topological polar surface area (TPSA) is 24.5 Å². The smallest absolute Gasteiger partial charge is 0.251 e. The highest BCUT2D eigenvalue weighted by Gasteiger charge is 2.20. The van der Waals surface area contributed by atoms with Crippen molar-refractivity contribution in [3.63, 3.8) is 0 Å². The molecule has 0 spiro atoms. The van der Waals surface area contributed by atoms with Crippen LogP contribution in [0.25, 0.3) is 0 Å². The van der Waals surface area contributed by atoms with Crippen molar-refractivity contribution >= 4 is 0 Å². The molecule has 0 radical (unpaired) electrons. The summed E-state index contributed by atoms with van der Waals surface area (Å²) in [6.07, 6.45) is -1.84. The van der Waals surface area contributed by atoms with E-state index < -0.39 is 6.43 Å². The lowest BCUT2D eigenvalue weighted by Crippen LogP contribution is -2.30. The highest BCUT2D eigenvalue weighted by molar-refractivity contribution is 5.37. The molecule has 0 aliphatic heterocycles. The van der Waals surface area contributed by atoms with E-state index in [2.05, 4.69) is 5.32 Å². The number of hydrogen-bond donors (Lipinski definition) is 1. The first kappa shape index (κ1) is 17.8. The van der Waals surface area contributed by atoms with Crippen molar-refractivity contribution in [2.24, 2.45) is 0 Å². The number of rotatable bonds is 9. The summed E-state index contributed by atoms with van der Waals surface area (Å²) in [5, 5.41) is 3.19. The van der Waals surface area contributed by atoms with E-state index in [-0.39, 0.29) is 18.4 Å². The molecule has 1 atom stereocenters. The lowest BCUT2D eigenvalue weighted by molar-refractivity contribution is 0.0983. The zero-order valence-electron chi connectivity index (χ0n) is 12.7. The third-order valence-electron chi connectivity index (χ3n) is 3.28. The summed E-state index contributed by atoms with van der Waals surface area (Å²) in [5.41, 5.74) is 0.451. The van der Waals surface area contributed by atoms with Gasteiger partial charge in [0.15, 0.2) is 0 Å². The fourth-order valence-electron chi connectivity index (χ4n) is 2.30. The Morgan fingerprint density at radius 3 is 2.62 bits per heavy atom. The van der Waals surface area contributed by atoms with Gasteiger partial charge in [-0.2, -0.15) is 0 Å². The van der Waals surface area contributed by atoms with Crippen molar-refractivity contribution < 1.29 is 17.9 Å². The molecule has 1 aromatic carbocycles. The molecule has 1 unspecified atom stereocenters. The SMILES string of the molecule is CCNC(CCN(C)CC(F)F)c1c(F)cccc1OC. The van der Waals surface area contributed by atoms with Crippen molar-refractivity contribution in [2.75, 3.05) is 33.8 Å².